The molecule has 1 atom stereocenters. The molecular formula is C12H19Cl2N3O2. The molecule has 2 fully saturated rings. The first-order valence-electron chi connectivity index (χ1n) is 6.40. The molecule has 1 heterocycles. The topological polar surface area (TPSA) is 52.7 Å². The van der Waals surface area contributed by atoms with E-state index in [-0.39, 0.29) is 11.8 Å². The highest BCUT2D eigenvalue weighted by atomic mass is 35.5. The minimum atomic E-state index is -0.913. The Bertz CT molecular complexity index is 394. The second-order valence-electron chi connectivity index (χ2n) is 5.45. The Morgan fingerprint density at radius 3 is 2.16 bits per heavy atom. The Balaban J connectivity index is 1.84. The van der Waals surface area contributed by atoms with E-state index in [4.69, 9.17) is 23.2 Å². The van der Waals surface area contributed by atoms with Crippen LogP contribution in [-0.4, -0.2) is 65.7 Å². The molecule has 108 valence electrons. The quantitative estimate of drug-likeness (QED) is 0.771. The van der Waals surface area contributed by atoms with Crippen molar-refractivity contribution in [3.05, 3.63) is 0 Å². The largest absolute Gasteiger partial charge is 0.358 e. The van der Waals surface area contributed by atoms with Crippen molar-refractivity contribution in [3.63, 3.8) is 0 Å². The lowest BCUT2D eigenvalue weighted by Crippen LogP contribution is -2.52. The zero-order chi connectivity index (χ0) is 14.3. The normalized spacial score (nSPS) is 30.0. The number of halogens is 2. The Morgan fingerprint density at radius 2 is 1.74 bits per heavy atom. The molecule has 2 amide bonds. The maximum Gasteiger partial charge on any atom is 0.233 e. The van der Waals surface area contributed by atoms with Crippen molar-refractivity contribution in [1.29, 1.82) is 0 Å². The van der Waals surface area contributed by atoms with Gasteiger partial charge in [-0.05, 0) is 13.3 Å². The molecule has 1 saturated heterocycles. The zero-order valence-electron chi connectivity index (χ0n) is 11.2. The molecule has 2 aliphatic rings. The minimum Gasteiger partial charge on any atom is -0.358 e. The highest BCUT2D eigenvalue weighted by Crippen LogP contribution is 2.64. The van der Waals surface area contributed by atoms with E-state index in [1.807, 2.05) is 11.8 Å². The number of carbonyl (C=O) groups is 2. The van der Waals surface area contributed by atoms with E-state index >= 15 is 0 Å². The highest BCUT2D eigenvalue weighted by molar-refractivity contribution is 6.53. The van der Waals surface area contributed by atoms with Gasteiger partial charge in [0.05, 0.1) is 12.0 Å². The summed E-state index contributed by atoms with van der Waals surface area (Å²) in [6.45, 7) is 4.83. The molecular weight excluding hydrogens is 289 g/mol. The third kappa shape index (κ3) is 2.83. The third-order valence-corrected chi connectivity index (χ3v) is 5.14. The number of hydrogen-bond acceptors (Lipinski definition) is 3. The maximum atomic E-state index is 12.3. The predicted octanol–water partition coefficient (Wildman–Crippen LogP) is 0.461. The summed E-state index contributed by atoms with van der Waals surface area (Å²) in [5, 5.41) is 2.60. The first-order chi connectivity index (χ1) is 8.80. The van der Waals surface area contributed by atoms with Crippen LogP contribution in [0.2, 0.25) is 0 Å². The van der Waals surface area contributed by atoms with Crippen LogP contribution >= 0.6 is 23.2 Å². The number of carbonyl (C=O) groups excluding carboxylic acids is 2. The second-order valence-corrected chi connectivity index (χ2v) is 6.94. The fourth-order valence-corrected chi connectivity index (χ4v) is 3.07. The Morgan fingerprint density at radius 1 is 1.21 bits per heavy atom. The van der Waals surface area contributed by atoms with Crippen LogP contribution in [0.5, 0.6) is 0 Å². The van der Waals surface area contributed by atoms with Gasteiger partial charge in [-0.2, -0.15) is 0 Å². The van der Waals surface area contributed by atoms with Gasteiger partial charge in [-0.1, -0.05) is 0 Å². The van der Waals surface area contributed by atoms with Crippen molar-refractivity contribution >= 4 is 35.0 Å². The lowest BCUT2D eigenvalue weighted by atomic mass is 10.1. The summed E-state index contributed by atoms with van der Waals surface area (Å²) in [5.41, 5.74) is -0.640. The molecule has 2 rings (SSSR count). The average Bonchev–Trinajstić information content (AvgIpc) is 2.89. The van der Waals surface area contributed by atoms with Crippen LogP contribution < -0.4 is 5.32 Å². The molecule has 19 heavy (non-hydrogen) atoms. The van der Waals surface area contributed by atoms with E-state index < -0.39 is 9.75 Å². The second kappa shape index (κ2) is 5.11. The van der Waals surface area contributed by atoms with Crippen LogP contribution in [0.15, 0.2) is 0 Å². The van der Waals surface area contributed by atoms with Crippen LogP contribution in [-0.2, 0) is 9.59 Å². The van der Waals surface area contributed by atoms with E-state index in [2.05, 4.69) is 5.32 Å². The third-order valence-electron chi connectivity index (χ3n) is 4.04. The van der Waals surface area contributed by atoms with Crippen LogP contribution in [0.4, 0.5) is 0 Å². The van der Waals surface area contributed by atoms with Gasteiger partial charge >= 0.3 is 0 Å². The van der Waals surface area contributed by atoms with Crippen molar-refractivity contribution in [3.8, 4) is 0 Å². The molecule has 1 saturated carbocycles. The van der Waals surface area contributed by atoms with Crippen LogP contribution in [0.1, 0.15) is 13.3 Å². The van der Waals surface area contributed by atoms with Crippen molar-refractivity contribution < 1.29 is 9.59 Å². The molecule has 5 nitrogen and oxygen atoms in total. The fourth-order valence-electron chi connectivity index (χ4n) is 2.37. The van der Waals surface area contributed by atoms with Crippen LogP contribution in [0.25, 0.3) is 0 Å². The van der Waals surface area contributed by atoms with E-state index in [9.17, 15) is 9.59 Å². The Labute approximate surface area is 123 Å². The van der Waals surface area contributed by atoms with Gasteiger partial charge in [-0.15, -0.1) is 23.2 Å². The highest BCUT2D eigenvalue weighted by Gasteiger charge is 2.68. The number of nitrogens with zero attached hydrogens (tertiary/aromatic N) is 2. The summed E-state index contributed by atoms with van der Waals surface area (Å²) in [6, 6.07) is 0. The van der Waals surface area contributed by atoms with Gasteiger partial charge in [0.1, 0.15) is 4.33 Å². The fraction of sp³-hybridized carbons (Fsp3) is 0.833. The van der Waals surface area contributed by atoms with Gasteiger partial charge in [0.15, 0.2) is 0 Å². The predicted molar refractivity (Wildman–Crippen MR) is 74.2 cm³/mol. The smallest absolute Gasteiger partial charge is 0.233 e. The summed E-state index contributed by atoms with van der Waals surface area (Å²) in [7, 11) is 1.62. The lowest BCUT2D eigenvalue weighted by Gasteiger charge is -2.35. The Hall–Kier alpha value is -0.520. The number of hydrogen-bond donors (Lipinski definition) is 1. The van der Waals surface area contributed by atoms with Crippen LogP contribution in [0.3, 0.4) is 0 Å². The summed E-state index contributed by atoms with van der Waals surface area (Å²) >= 11 is 12.1. The molecule has 7 heteroatoms. The van der Waals surface area contributed by atoms with Gasteiger partial charge in [-0.3, -0.25) is 14.5 Å². The Kier molecular flexibility index (Phi) is 4.00. The van der Waals surface area contributed by atoms with Crippen LogP contribution in [0, 0.1) is 5.41 Å². The maximum absolute atomic E-state index is 12.3. The minimum absolute atomic E-state index is 0.00513. The monoisotopic (exact) mass is 307 g/mol. The van der Waals surface area contributed by atoms with Gasteiger partial charge < -0.3 is 10.2 Å². The summed E-state index contributed by atoms with van der Waals surface area (Å²) < 4.78 is -0.913. The molecule has 1 aliphatic heterocycles. The summed E-state index contributed by atoms with van der Waals surface area (Å²) in [4.78, 5) is 27.5. The molecule has 1 N–H and O–H groups in total. The molecule has 0 aromatic heterocycles. The number of rotatable bonds is 3. The summed E-state index contributed by atoms with van der Waals surface area (Å²) in [5.74, 6) is 0.0200. The van der Waals surface area contributed by atoms with Crippen molar-refractivity contribution in [2.24, 2.45) is 5.41 Å². The van der Waals surface area contributed by atoms with Crippen molar-refractivity contribution in [2.75, 3.05) is 39.8 Å². The lowest BCUT2D eigenvalue weighted by molar-refractivity contribution is -0.138. The molecule has 0 spiro atoms. The van der Waals surface area contributed by atoms with Gasteiger partial charge in [0, 0.05) is 33.2 Å². The SMILES string of the molecule is CNC(=O)CN1CCN(C(=O)C2(C)CC2(Cl)Cl)CC1. The summed E-state index contributed by atoms with van der Waals surface area (Å²) in [6.07, 6.45) is 0.514. The van der Waals surface area contributed by atoms with E-state index in [1.54, 1.807) is 11.9 Å². The van der Waals surface area contributed by atoms with E-state index in [0.29, 0.717) is 39.1 Å². The van der Waals surface area contributed by atoms with E-state index in [0.717, 1.165) is 0 Å². The molecule has 0 aromatic carbocycles. The molecule has 1 unspecified atom stereocenters. The van der Waals surface area contributed by atoms with Gasteiger partial charge in [-0.25, -0.2) is 0 Å². The average molecular weight is 308 g/mol. The van der Waals surface area contributed by atoms with Crippen molar-refractivity contribution in [1.82, 2.24) is 15.1 Å². The first kappa shape index (κ1) is 14.9. The number of amides is 2. The molecule has 0 bridgehead atoms. The number of likely N-dealkylation sites (N-methyl/N-ethyl adjacent to an activating group) is 1. The zero-order valence-corrected chi connectivity index (χ0v) is 12.7. The van der Waals surface area contributed by atoms with E-state index in [1.165, 1.54) is 0 Å². The first-order valence-corrected chi connectivity index (χ1v) is 7.16. The number of nitrogens with one attached hydrogen (secondary N) is 1. The number of alkyl halides is 2. The van der Waals surface area contributed by atoms with Gasteiger partial charge in [0.25, 0.3) is 0 Å². The molecule has 1 aliphatic carbocycles. The molecule has 0 radical (unpaired) electrons. The van der Waals surface area contributed by atoms with Gasteiger partial charge in [0.2, 0.25) is 11.8 Å². The van der Waals surface area contributed by atoms with Crippen molar-refractivity contribution in [2.45, 2.75) is 17.7 Å². The standard InChI is InChI=1S/C12H19Cl2N3O2/c1-11(8-12(11,13)14)10(19)17-5-3-16(4-6-17)7-9(18)15-2/h3-8H2,1-2H3,(H,15,18). The number of piperazine rings is 1. The molecule has 0 aromatic rings.